The van der Waals surface area contributed by atoms with Crippen molar-refractivity contribution >= 4 is 11.9 Å². The fourth-order valence-electron chi connectivity index (χ4n) is 1.32. The van der Waals surface area contributed by atoms with Crippen LogP contribution in [0.15, 0.2) is 0 Å². The number of nitrogens with zero attached hydrogens (tertiary/aromatic N) is 2. The zero-order valence-corrected chi connectivity index (χ0v) is 12.0. The molecule has 0 rings (SSSR count). The van der Waals surface area contributed by atoms with Gasteiger partial charge in [-0.2, -0.15) is 10.5 Å². The van der Waals surface area contributed by atoms with Crippen molar-refractivity contribution in [1.29, 1.82) is 10.5 Å². The monoisotopic (exact) mass is 296 g/mol. The van der Waals surface area contributed by atoms with Gasteiger partial charge in [-0.1, -0.05) is 0 Å². The van der Waals surface area contributed by atoms with Crippen molar-refractivity contribution in [2.75, 3.05) is 26.4 Å². The molecule has 0 aliphatic rings. The molecule has 0 unspecified atom stereocenters. The third-order valence-electron chi connectivity index (χ3n) is 2.34. The molecule has 7 nitrogen and oxygen atoms in total. The third-order valence-corrected chi connectivity index (χ3v) is 2.34. The average Bonchev–Trinajstić information content (AvgIpc) is 2.45. The van der Waals surface area contributed by atoms with Crippen LogP contribution in [-0.2, 0) is 23.8 Å². The summed E-state index contributed by atoms with van der Waals surface area (Å²) in [6.07, 6.45) is 2.52. The summed E-state index contributed by atoms with van der Waals surface area (Å²) in [6, 6.07) is 3.44. The second-order valence-corrected chi connectivity index (χ2v) is 4.14. The first kappa shape index (κ1) is 18.9. The molecule has 116 valence electrons. The molecule has 0 heterocycles. The maximum Gasteiger partial charge on any atom is 0.320 e. The van der Waals surface area contributed by atoms with Gasteiger partial charge in [-0.25, -0.2) is 0 Å². The zero-order chi connectivity index (χ0) is 15.8. The van der Waals surface area contributed by atoms with Crippen molar-refractivity contribution < 1.29 is 23.8 Å². The molecule has 0 aliphatic carbocycles. The SMILES string of the molecule is N#CCC(=O)OCCCCOCCCCOC(=O)CC#N. The Hall–Kier alpha value is -2.12. The Morgan fingerprint density at radius 3 is 1.48 bits per heavy atom. The molecule has 0 aromatic heterocycles. The van der Waals surface area contributed by atoms with E-state index >= 15 is 0 Å². The summed E-state index contributed by atoms with van der Waals surface area (Å²) in [7, 11) is 0. The van der Waals surface area contributed by atoms with E-state index in [1.807, 2.05) is 0 Å². The predicted octanol–water partition coefficient (Wildman–Crippen LogP) is 1.48. The highest BCUT2D eigenvalue weighted by molar-refractivity contribution is 5.72. The molecule has 0 N–H and O–H groups in total. The maximum atomic E-state index is 10.8. The number of hydrogen-bond donors (Lipinski definition) is 0. The minimum absolute atomic E-state index is 0.213. The topological polar surface area (TPSA) is 109 Å². The van der Waals surface area contributed by atoms with Crippen molar-refractivity contribution in [3.63, 3.8) is 0 Å². The van der Waals surface area contributed by atoms with Crippen LogP contribution in [0.5, 0.6) is 0 Å². The lowest BCUT2D eigenvalue weighted by molar-refractivity contribution is -0.143. The molecular weight excluding hydrogens is 276 g/mol. The molecule has 7 heteroatoms. The Morgan fingerprint density at radius 2 is 1.10 bits per heavy atom. The Bertz CT molecular complexity index is 348. The van der Waals surface area contributed by atoms with Crippen LogP contribution in [-0.4, -0.2) is 38.4 Å². The molecule has 0 atom stereocenters. The van der Waals surface area contributed by atoms with E-state index in [-0.39, 0.29) is 12.8 Å². The van der Waals surface area contributed by atoms with Gasteiger partial charge >= 0.3 is 11.9 Å². The Balaban J connectivity index is 3.16. The second-order valence-electron chi connectivity index (χ2n) is 4.14. The molecular formula is C14H20N2O5. The first-order chi connectivity index (χ1) is 10.2. The lowest BCUT2D eigenvalue weighted by Gasteiger charge is -2.05. The highest BCUT2D eigenvalue weighted by atomic mass is 16.5. The van der Waals surface area contributed by atoms with Crippen molar-refractivity contribution in [1.82, 2.24) is 0 Å². The Morgan fingerprint density at radius 1 is 0.714 bits per heavy atom. The standard InChI is InChI=1S/C14H20N2O5/c15-7-5-13(17)20-11-3-1-9-19-10-2-4-12-21-14(18)6-8-16/h1-6,9-12H2. The molecule has 0 amide bonds. The summed E-state index contributed by atoms with van der Waals surface area (Å²) in [5, 5.41) is 16.5. The lowest BCUT2D eigenvalue weighted by atomic mass is 10.3. The highest BCUT2D eigenvalue weighted by Gasteiger charge is 2.01. The molecule has 0 aromatic rings. The van der Waals surface area contributed by atoms with Crippen molar-refractivity contribution in [2.45, 2.75) is 38.5 Å². The molecule has 0 radical (unpaired) electrons. The van der Waals surface area contributed by atoms with Crippen LogP contribution in [0.25, 0.3) is 0 Å². The minimum atomic E-state index is -0.496. The molecule has 0 fully saturated rings. The summed E-state index contributed by atoms with van der Waals surface area (Å²) in [5.41, 5.74) is 0. The van der Waals surface area contributed by atoms with Gasteiger partial charge in [-0.3, -0.25) is 9.59 Å². The highest BCUT2D eigenvalue weighted by Crippen LogP contribution is 1.97. The van der Waals surface area contributed by atoms with E-state index in [0.29, 0.717) is 39.3 Å². The van der Waals surface area contributed by atoms with Gasteiger partial charge in [0.2, 0.25) is 0 Å². The number of rotatable bonds is 12. The number of carbonyl (C=O) groups excluding carboxylic acids is 2. The van der Waals surface area contributed by atoms with E-state index in [1.165, 1.54) is 0 Å². The summed E-state index contributed by atoms with van der Waals surface area (Å²) < 4.78 is 14.9. The predicted molar refractivity (Wildman–Crippen MR) is 71.7 cm³/mol. The largest absolute Gasteiger partial charge is 0.465 e. The van der Waals surface area contributed by atoms with Crippen molar-refractivity contribution in [3.8, 4) is 12.1 Å². The molecule has 21 heavy (non-hydrogen) atoms. The third kappa shape index (κ3) is 14.1. The number of hydrogen-bond acceptors (Lipinski definition) is 7. The molecule has 0 saturated carbocycles. The molecule has 0 saturated heterocycles. The molecule has 0 aromatic carbocycles. The number of nitriles is 2. The van der Waals surface area contributed by atoms with E-state index in [4.69, 9.17) is 24.7 Å². The summed E-state index contributed by atoms with van der Waals surface area (Å²) >= 11 is 0. The van der Waals surface area contributed by atoms with E-state index in [1.54, 1.807) is 12.1 Å². The van der Waals surface area contributed by atoms with Gasteiger partial charge in [0.15, 0.2) is 0 Å². The summed E-state index contributed by atoms with van der Waals surface area (Å²) in [4.78, 5) is 21.7. The fourth-order valence-corrected chi connectivity index (χ4v) is 1.32. The van der Waals surface area contributed by atoms with Crippen LogP contribution in [0.3, 0.4) is 0 Å². The van der Waals surface area contributed by atoms with Crippen LogP contribution >= 0.6 is 0 Å². The molecule has 0 bridgehead atoms. The average molecular weight is 296 g/mol. The van der Waals surface area contributed by atoms with Gasteiger partial charge in [-0.05, 0) is 25.7 Å². The fraction of sp³-hybridized carbons (Fsp3) is 0.714. The first-order valence-corrected chi connectivity index (χ1v) is 6.83. The van der Waals surface area contributed by atoms with Crippen LogP contribution in [0.4, 0.5) is 0 Å². The zero-order valence-electron chi connectivity index (χ0n) is 12.0. The second kappa shape index (κ2) is 14.3. The van der Waals surface area contributed by atoms with Gasteiger partial charge in [0.05, 0.1) is 25.4 Å². The van der Waals surface area contributed by atoms with E-state index < -0.39 is 11.9 Å². The maximum absolute atomic E-state index is 10.8. The number of esters is 2. The van der Waals surface area contributed by atoms with Gasteiger partial charge in [0.25, 0.3) is 0 Å². The smallest absolute Gasteiger partial charge is 0.320 e. The van der Waals surface area contributed by atoms with Crippen molar-refractivity contribution in [2.24, 2.45) is 0 Å². The van der Waals surface area contributed by atoms with Gasteiger partial charge < -0.3 is 14.2 Å². The van der Waals surface area contributed by atoms with E-state index in [9.17, 15) is 9.59 Å². The van der Waals surface area contributed by atoms with Crippen LogP contribution in [0, 0.1) is 22.7 Å². The normalized spacial score (nSPS) is 9.43. The molecule has 0 aliphatic heterocycles. The van der Waals surface area contributed by atoms with Gasteiger partial charge in [-0.15, -0.1) is 0 Å². The minimum Gasteiger partial charge on any atom is -0.465 e. The number of carbonyl (C=O) groups is 2. The summed E-state index contributed by atoms with van der Waals surface area (Å²) in [5.74, 6) is -0.992. The first-order valence-electron chi connectivity index (χ1n) is 6.83. The van der Waals surface area contributed by atoms with E-state index in [0.717, 1.165) is 12.8 Å². The number of unbranched alkanes of at least 4 members (excludes halogenated alkanes) is 2. The van der Waals surface area contributed by atoms with Gasteiger partial charge in [0.1, 0.15) is 12.8 Å². The van der Waals surface area contributed by atoms with Crippen LogP contribution in [0.1, 0.15) is 38.5 Å². The van der Waals surface area contributed by atoms with Crippen LogP contribution in [0.2, 0.25) is 0 Å². The summed E-state index contributed by atoms with van der Waals surface area (Å²) in [6.45, 7) is 1.76. The van der Waals surface area contributed by atoms with Crippen molar-refractivity contribution in [3.05, 3.63) is 0 Å². The Kier molecular flexibility index (Phi) is 12.8. The number of ether oxygens (including phenoxy) is 3. The lowest BCUT2D eigenvalue weighted by Crippen LogP contribution is -2.07. The van der Waals surface area contributed by atoms with E-state index in [2.05, 4.69) is 0 Å². The van der Waals surface area contributed by atoms with Crippen LogP contribution < -0.4 is 0 Å². The quantitative estimate of drug-likeness (QED) is 0.396. The van der Waals surface area contributed by atoms with Gasteiger partial charge in [0, 0.05) is 13.2 Å². The molecule has 0 spiro atoms. The Labute approximate surface area is 124 Å².